The maximum atomic E-state index is 10.1. The summed E-state index contributed by atoms with van der Waals surface area (Å²) in [6.45, 7) is 0. The zero-order valence-electron chi connectivity index (χ0n) is 10.3. The topological polar surface area (TPSA) is 47.3 Å². The van der Waals surface area contributed by atoms with Crippen molar-refractivity contribution in [2.75, 3.05) is 7.11 Å². The van der Waals surface area contributed by atoms with Crippen LogP contribution in [0.2, 0.25) is 0 Å². The lowest BCUT2D eigenvalue weighted by atomic mass is 10.1. The van der Waals surface area contributed by atoms with Crippen molar-refractivity contribution in [1.29, 1.82) is 0 Å². The van der Waals surface area contributed by atoms with Gasteiger partial charge in [0, 0.05) is 19.7 Å². The lowest BCUT2D eigenvalue weighted by Gasteiger charge is -2.10. The van der Waals surface area contributed by atoms with Gasteiger partial charge in [-0.1, -0.05) is 6.07 Å². The number of aliphatic hydroxyl groups excluding tert-OH is 1. The lowest BCUT2D eigenvalue weighted by molar-refractivity contribution is 0.174. The summed E-state index contributed by atoms with van der Waals surface area (Å²) >= 11 is 3.43. The minimum absolute atomic E-state index is 0.527. The number of ether oxygens (including phenoxy) is 1. The summed E-state index contributed by atoms with van der Waals surface area (Å²) in [5, 5.41) is 10.1. The molecule has 5 heteroatoms. The van der Waals surface area contributed by atoms with Crippen LogP contribution in [0.4, 0.5) is 0 Å². The number of aryl methyl sites for hydroxylation is 1. The summed E-state index contributed by atoms with van der Waals surface area (Å²) in [5.41, 5.74) is 1.71. The molecule has 1 heterocycles. The van der Waals surface area contributed by atoms with Crippen LogP contribution < -0.4 is 4.74 Å². The van der Waals surface area contributed by atoms with Crippen LogP contribution >= 0.6 is 15.9 Å². The first kappa shape index (κ1) is 13.1. The summed E-state index contributed by atoms with van der Waals surface area (Å²) in [4.78, 5) is 4.14. The Bertz CT molecular complexity index is 540. The SMILES string of the molecule is COc1ccc(CC(O)c2cn(C)cn2)cc1Br. The van der Waals surface area contributed by atoms with Gasteiger partial charge >= 0.3 is 0 Å². The largest absolute Gasteiger partial charge is 0.496 e. The lowest BCUT2D eigenvalue weighted by Crippen LogP contribution is -2.02. The van der Waals surface area contributed by atoms with Crippen molar-refractivity contribution < 1.29 is 9.84 Å². The Labute approximate surface area is 114 Å². The number of rotatable bonds is 4. The van der Waals surface area contributed by atoms with Crippen LogP contribution in [0.5, 0.6) is 5.75 Å². The molecule has 0 spiro atoms. The molecule has 0 radical (unpaired) electrons. The maximum absolute atomic E-state index is 10.1. The molecule has 2 rings (SSSR count). The maximum Gasteiger partial charge on any atom is 0.133 e. The number of imidazole rings is 1. The Hall–Kier alpha value is -1.33. The molecule has 96 valence electrons. The average molecular weight is 311 g/mol. The van der Waals surface area contributed by atoms with E-state index in [1.54, 1.807) is 13.4 Å². The van der Waals surface area contributed by atoms with Crippen LogP contribution in [-0.4, -0.2) is 21.8 Å². The third kappa shape index (κ3) is 2.91. The molecular formula is C13H15BrN2O2. The summed E-state index contributed by atoms with van der Waals surface area (Å²) < 4.78 is 7.87. The van der Waals surface area contributed by atoms with Gasteiger partial charge in [-0.2, -0.15) is 0 Å². The van der Waals surface area contributed by atoms with Crippen molar-refractivity contribution in [3.05, 3.63) is 46.5 Å². The van der Waals surface area contributed by atoms with E-state index in [1.165, 1.54) is 0 Å². The highest BCUT2D eigenvalue weighted by Crippen LogP contribution is 2.27. The standard InChI is InChI=1S/C13H15BrN2O2/c1-16-7-11(15-8-16)12(17)6-9-3-4-13(18-2)10(14)5-9/h3-5,7-8,12,17H,6H2,1-2H3. The average Bonchev–Trinajstić information content (AvgIpc) is 2.76. The number of halogens is 1. The zero-order valence-corrected chi connectivity index (χ0v) is 11.9. The smallest absolute Gasteiger partial charge is 0.133 e. The number of hydrogen-bond donors (Lipinski definition) is 1. The van der Waals surface area contributed by atoms with Gasteiger partial charge in [0.2, 0.25) is 0 Å². The van der Waals surface area contributed by atoms with Gasteiger partial charge in [-0.25, -0.2) is 4.98 Å². The second-order valence-corrected chi connectivity index (χ2v) is 5.01. The third-order valence-corrected chi connectivity index (χ3v) is 3.33. The number of aliphatic hydroxyl groups is 1. The number of hydrogen-bond acceptors (Lipinski definition) is 3. The first-order valence-corrected chi connectivity index (χ1v) is 6.38. The van der Waals surface area contributed by atoms with E-state index >= 15 is 0 Å². The van der Waals surface area contributed by atoms with Gasteiger partial charge in [-0.3, -0.25) is 0 Å². The van der Waals surface area contributed by atoms with Gasteiger partial charge in [-0.05, 0) is 33.6 Å². The van der Waals surface area contributed by atoms with E-state index in [9.17, 15) is 5.11 Å². The third-order valence-electron chi connectivity index (χ3n) is 2.71. The minimum Gasteiger partial charge on any atom is -0.496 e. The van der Waals surface area contributed by atoms with Crippen molar-refractivity contribution in [3.8, 4) is 5.75 Å². The van der Waals surface area contributed by atoms with Crippen molar-refractivity contribution >= 4 is 15.9 Å². The van der Waals surface area contributed by atoms with Crippen molar-refractivity contribution in [2.24, 2.45) is 7.05 Å². The van der Waals surface area contributed by atoms with E-state index in [-0.39, 0.29) is 0 Å². The highest BCUT2D eigenvalue weighted by atomic mass is 79.9. The molecule has 0 fully saturated rings. The first-order valence-electron chi connectivity index (χ1n) is 5.58. The van der Waals surface area contributed by atoms with Crippen LogP contribution in [0.3, 0.4) is 0 Å². The number of methoxy groups -OCH3 is 1. The van der Waals surface area contributed by atoms with E-state index in [1.807, 2.05) is 36.0 Å². The van der Waals surface area contributed by atoms with Crippen molar-refractivity contribution in [2.45, 2.75) is 12.5 Å². The van der Waals surface area contributed by atoms with Crippen molar-refractivity contribution in [1.82, 2.24) is 9.55 Å². The predicted octanol–water partition coefficient (Wildman–Crippen LogP) is 2.47. The monoisotopic (exact) mass is 310 g/mol. The Morgan fingerprint density at radius 2 is 2.28 bits per heavy atom. The summed E-state index contributed by atoms with van der Waals surface area (Å²) in [5.74, 6) is 0.783. The fraction of sp³-hybridized carbons (Fsp3) is 0.308. The molecule has 0 bridgehead atoms. The zero-order chi connectivity index (χ0) is 13.1. The molecule has 4 nitrogen and oxygen atoms in total. The first-order chi connectivity index (χ1) is 8.60. The van der Waals surface area contributed by atoms with Gasteiger partial charge in [0.1, 0.15) is 11.9 Å². The van der Waals surface area contributed by atoms with E-state index in [2.05, 4.69) is 20.9 Å². The minimum atomic E-state index is -0.591. The van der Waals surface area contributed by atoms with Gasteiger partial charge < -0.3 is 14.4 Å². The predicted molar refractivity (Wildman–Crippen MR) is 72.6 cm³/mol. The van der Waals surface area contributed by atoms with E-state index in [0.717, 1.165) is 15.8 Å². The summed E-state index contributed by atoms with van der Waals surface area (Å²) in [6, 6.07) is 5.77. The number of nitrogens with zero attached hydrogens (tertiary/aromatic N) is 2. The molecule has 1 aromatic heterocycles. The number of aromatic nitrogens is 2. The molecule has 1 N–H and O–H groups in total. The van der Waals surface area contributed by atoms with Crippen LogP contribution in [0, 0.1) is 0 Å². The molecule has 1 aromatic carbocycles. The van der Waals surface area contributed by atoms with E-state index < -0.39 is 6.10 Å². The molecule has 1 unspecified atom stereocenters. The van der Waals surface area contributed by atoms with Crippen molar-refractivity contribution in [3.63, 3.8) is 0 Å². The summed E-state index contributed by atoms with van der Waals surface area (Å²) in [7, 11) is 3.51. The molecule has 0 saturated carbocycles. The van der Waals surface area contributed by atoms with Crippen LogP contribution in [-0.2, 0) is 13.5 Å². The van der Waals surface area contributed by atoms with Gasteiger partial charge in [0.25, 0.3) is 0 Å². The van der Waals surface area contributed by atoms with Gasteiger partial charge in [0.05, 0.1) is 23.6 Å². The second-order valence-electron chi connectivity index (χ2n) is 4.15. The highest BCUT2D eigenvalue weighted by Gasteiger charge is 2.12. The fourth-order valence-electron chi connectivity index (χ4n) is 1.77. The van der Waals surface area contributed by atoms with Crippen LogP contribution in [0.1, 0.15) is 17.4 Å². The Morgan fingerprint density at radius 1 is 1.50 bits per heavy atom. The van der Waals surface area contributed by atoms with E-state index in [0.29, 0.717) is 12.1 Å². The van der Waals surface area contributed by atoms with Gasteiger partial charge in [-0.15, -0.1) is 0 Å². The molecule has 1 atom stereocenters. The fourth-order valence-corrected chi connectivity index (χ4v) is 2.36. The van der Waals surface area contributed by atoms with Crippen LogP contribution in [0.15, 0.2) is 35.2 Å². The molecule has 0 amide bonds. The molecule has 0 aliphatic heterocycles. The molecule has 0 aliphatic carbocycles. The number of benzene rings is 1. The Morgan fingerprint density at radius 3 is 2.83 bits per heavy atom. The van der Waals surface area contributed by atoms with E-state index in [4.69, 9.17) is 4.74 Å². The normalized spacial score (nSPS) is 12.4. The second kappa shape index (κ2) is 5.54. The molecule has 0 saturated heterocycles. The highest BCUT2D eigenvalue weighted by molar-refractivity contribution is 9.10. The molecular weight excluding hydrogens is 296 g/mol. The quantitative estimate of drug-likeness (QED) is 0.943. The Kier molecular flexibility index (Phi) is 4.04. The molecule has 0 aliphatic rings. The molecule has 18 heavy (non-hydrogen) atoms. The van der Waals surface area contributed by atoms with Gasteiger partial charge in [0.15, 0.2) is 0 Å². The molecule has 2 aromatic rings. The summed E-state index contributed by atoms with van der Waals surface area (Å²) in [6.07, 6.45) is 3.44. The Balaban J connectivity index is 2.12. The van der Waals surface area contributed by atoms with Crippen LogP contribution in [0.25, 0.3) is 0 Å².